The summed E-state index contributed by atoms with van der Waals surface area (Å²) in [6.45, 7) is 1.95. The van der Waals surface area contributed by atoms with E-state index in [0.29, 0.717) is 18.4 Å². The fourth-order valence-corrected chi connectivity index (χ4v) is 2.99. The zero-order chi connectivity index (χ0) is 17.9. The minimum atomic E-state index is -1.01. The van der Waals surface area contributed by atoms with Gasteiger partial charge in [0.1, 0.15) is 0 Å². The van der Waals surface area contributed by atoms with E-state index >= 15 is 0 Å². The van der Waals surface area contributed by atoms with Crippen LogP contribution in [0.5, 0.6) is 0 Å². The average molecular weight is 335 g/mol. The first-order chi connectivity index (χ1) is 12.0. The van der Waals surface area contributed by atoms with Gasteiger partial charge in [-0.3, -0.25) is 9.89 Å². The van der Waals surface area contributed by atoms with E-state index in [4.69, 9.17) is 5.73 Å². The van der Waals surface area contributed by atoms with Crippen molar-refractivity contribution >= 4 is 5.91 Å². The maximum atomic E-state index is 11.4. The van der Waals surface area contributed by atoms with Crippen molar-refractivity contribution in [1.82, 2.24) is 10.2 Å². The quantitative estimate of drug-likeness (QED) is 0.646. The number of nitrogens with one attached hydrogen (secondary N) is 1. The molecule has 5 nitrogen and oxygen atoms in total. The first-order valence-electron chi connectivity index (χ1n) is 8.22. The summed E-state index contributed by atoms with van der Waals surface area (Å²) < 4.78 is 0. The maximum absolute atomic E-state index is 11.4. The van der Waals surface area contributed by atoms with Gasteiger partial charge in [0.15, 0.2) is 0 Å². The Labute approximate surface area is 146 Å². The number of aromatic amines is 1. The zero-order valence-corrected chi connectivity index (χ0v) is 14.1. The molecule has 128 valence electrons. The minimum Gasteiger partial charge on any atom is -0.385 e. The third-order valence-corrected chi connectivity index (χ3v) is 4.55. The van der Waals surface area contributed by atoms with Crippen molar-refractivity contribution in [3.05, 3.63) is 77.6 Å². The largest absolute Gasteiger partial charge is 0.385 e. The molecule has 1 unspecified atom stereocenters. The Morgan fingerprint density at radius 1 is 1.20 bits per heavy atom. The predicted octanol–water partition coefficient (Wildman–Crippen LogP) is 3.02. The molecular weight excluding hydrogens is 314 g/mol. The highest BCUT2D eigenvalue weighted by molar-refractivity contribution is 5.92. The van der Waals surface area contributed by atoms with E-state index in [0.717, 1.165) is 22.3 Å². The summed E-state index contributed by atoms with van der Waals surface area (Å²) in [5.41, 5.74) is 8.53. The van der Waals surface area contributed by atoms with Gasteiger partial charge in [-0.05, 0) is 35.2 Å². The topological polar surface area (TPSA) is 92.0 Å². The van der Waals surface area contributed by atoms with E-state index in [1.54, 1.807) is 24.4 Å². The van der Waals surface area contributed by atoms with Crippen LogP contribution in [0.2, 0.25) is 0 Å². The van der Waals surface area contributed by atoms with Gasteiger partial charge >= 0.3 is 0 Å². The summed E-state index contributed by atoms with van der Waals surface area (Å²) in [6, 6.07) is 14.9. The molecule has 0 aliphatic carbocycles. The third kappa shape index (κ3) is 3.61. The van der Waals surface area contributed by atoms with Gasteiger partial charge in [-0.15, -0.1) is 0 Å². The molecule has 0 aliphatic heterocycles. The highest BCUT2D eigenvalue weighted by Crippen LogP contribution is 2.31. The first-order valence-corrected chi connectivity index (χ1v) is 8.22. The number of carbonyl (C=O) groups is 1. The monoisotopic (exact) mass is 335 g/mol. The summed E-state index contributed by atoms with van der Waals surface area (Å²) >= 11 is 0. The second kappa shape index (κ2) is 6.91. The molecule has 0 bridgehead atoms. The standard InChI is InChI=1S/C20H21N3O2/c1-2-20(25,11-14-4-3-5-16(10-14)19(21)24)18-8-6-15(7-9-18)17-12-22-23-13-17/h3-10,12-13,25H,2,11H2,1H3,(H2,21,24)(H,22,23). The van der Waals surface area contributed by atoms with E-state index in [1.165, 1.54) is 0 Å². The summed E-state index contributed by atoms with van der Waals surface area (Å²) in [7, 11) is 0. The van der Waals surface area contributed by atoms with Gasteiger partial charge in [0, 0.05) is 23.7 Å². The minimum absolute atomic E-state index is 0.412. The van der Waals surface area contributed by atoms with Crippen LogP contribution in [0, 0.1) is 0 Å². The summed E-state index contributed by atoms with van der Waals surface area (Å²) in [4.78, 5) is 11.4. The second-order valence-electron chi connectivity index (χ2n) is 6.19. The van der Waals surface area contributed by atoms with Crippen molar-refractivity contribution in [2.24, 2.45) is 5.73 Å². The number of carbonyl (C=O) groups excluding carboxylic acids is 1. The van der Waals surface area contributed by atoms with Crippen LogP contribution in [0.15, 0.2) is 60.9 Å². The molecule has 1 amide bonds. The Kier molecular flexibility index (Phi) is 4.67. The molecule has 2 aromatic carbocycles. The van der Waals surface area contributed by atoms with Crippen molar-refractivity contribution in [3.63, 3.8) is 0 Å². The van der Waals surface area contributed by atoms with Gasteiger partial charge in [-0.2, -0.15) is 5.10 Å². The second-order valence-corrected chi connectivity index (χ2v) is 6.19. The van der Waals surface area contributed by atoms with E-state index in [-0.39, 0.29) is 0 Å². The molecule has 0 aliphatic rings. The highest BCUT2D eigenvalue weighted by atomic mass is 16.3. The number of rotatable bonds is 6. The van der Waals surface area contributed by atoms with Crippen LogP contribution >= 0.6 is 0 Å². The Morgan fingerprint density at radius 2 is 1.96 bits per heavy atom. The van der Waals surface area contributed by atoms with Gasteiger partial charge in [0.05, 0.1) is 11.8 Å². The van der Waals surface area contributed by atoms with Crippen LogP contribution in [-0.2, 0) is 12.0 Å². The average Bonchev–Trinajstić information content (AvgIpc) is 3.16. The Balaban J connectivity index is 1.87. The number of hydrogen-bond donors (Lipinski definition) is 3. The molecular formula is C20H21N3O2. The Hall–Kier alpha value is -2.92. The zero-order valence-electron chi connectivity index (χ0n) is 14.1. The van der Waals surface area contributed by atoms with Gasteiger partial charge < -0.3 is 10.8 Å². The molecule has 4 N–H and O–H groups in total. The molecule has 0 saturated carbocycles. The van der Waals surface area contributed by atoms with Gasteiger partial charge in [-0.1, -0.05) is 43.3 Å². The normalized spacial score (nSPS) is 13.4. The lowest BCUT2D eigenvalue weighted by Crippen LogP contribution is -2.27. The fraction of sp³-hybridized carbons (Fsp3) is 0.200. The first kappa shape index (κ1) is 16.9. The molecule has 1 heterocycles. The van der Waals surface area contributed by atoms with E-state index in [1.807, 2.05) is 43.5 Å². The van der Waals surface area contributed by atoms with E-state index in [9.17, 15) is 9.90 Å². The van der Waals surface area contributed by atoms with Crippen LogP contribution in [0.1, 0.15) is 34.8 Å². The highest BCUT2D eigenvalue weighted by Gasteiger charge is 2.27. The number of amides is 1. The molecule has 0 radical (unpaired) electrons. The third-order valence-electron chi connectivity index (χ3n) is 4.55. The van der Waals surface area contributed by atoms with Crippen LogP contribution < -0.4 is 5.73 Å². The molecule has 1 aromatic heterocycles. The van der Waals surface area contributed by atoms with Gasteiger partial charge in [0.25, 0.3) is 0 Å². The smallest absolute Gasteiger partial charge is 0.248 e. The summed E-state index contributed by atoms with van der Waals surface area (Å²) in [6.07, 6.45) is 4.56. The van der Waals surface area contributed by atoms with E-state index in [2.05, 4.69) is 10.2 Å². The molecule has 1 atom stereocenters. The number of nitrogens with zero attached hydrogens (tertiary/aromatic N) is 1. The number of aromatic nitrogens is 2. The predicted molar refractivity (Wildman–Crippen MR) is 96.9 cm³/mol. The summed E-state index contributed by atoms with van der Waals surface area (Å²) in [5, 5.41) is 17.9. The summed E-state index contributed by atoms with van der Waals surface area (Å²) in [5.74, 6) is -0.466. The van der Waals surface area contributed by atoms with Crippen LogP contribution in [0.4, 0.5) is 0 Å². The number of aliphatic hydroxyl groups is 1. The van der Waals surface area contributed by atoms with E-state index < -0.39 is 11.5 Å². The lowest BCUT2D eigenvalue weighted by atomic mass is 9.84. The van der Waals surface area contributed by atoms with Gasteiger partial charge in [-0.25, -0.2) is 0 Å². The SMILES string of the molecule is CCC(O)(Cc1cccc(C(N)=O)c1)c1ccc(-c2cn[nH]c2)cc1. The number of nitrogens with two attached hydrogens (primary N) is 1. The molecule has 0 fully saturated rings. The van der Waals surface area contributed by atoms with Crippen molar-refractivity contribution in [2.45, 2.75) is 25.4 Å². The molecule has 3 aromatic rings. The van der Waals surface area contributed by atoms with Crippen molar-refractivity contribution in [2.75, 3.05) is 0 Å². The molecule has 0 spiro atoms. The van der Waals surface area contributed by atoms with Crippen molar-refractivity contribution in [3.8, 4) is 11.1 Å². The van der Waals surface area contributed by atoms with Crippen LogP contribution in [0.25, 0.3) is 11.1 Å². The number of hydrogen-bond acceptors (Lipinski definition) is 3. The molecule has 5 heteroatoms. The fourth-order valence-electron chi connectivity index (χ4n) is 2.99. The lowest BCUT2D eigenvalue weighted by Gasteiger charge is -2.28. The molecule has 3 rings (SSSR count). The number of H-pyrrole nitrogens is 1. The Bertz CT molecular complexity index is 857. The van der Waals surface area contributed by atoms with Crippen molar-refractivity contribution in [1.29, 1.82) is 0 Å². The molecule has 25 heavy (non-hydrogen) atoms. The number of benzene rings is 2. The van der Waals surface area contributed by atoms with Gasteiger partial charge in [0.2, 0.25) is 5.91 Å². The maximum Gasteiger partial charge on any atom is 0.248 e. The van der Waals surface area contributed by atoms with Crippen LogP contribution in [0.3, 0.4) is 0 Å². The number of primary amides is 1. The Morgan fingerprint density at radius 3 is 2.56 bits per heavy atom. The van der Waals surface area contributed by atoms with Crippen LogP contribution in [-0.4, -0.2) is 21.2 Å². The lowest BCUT2D eigenvalue weighted by molar-refractivity contribution is 0.0327. The molecule has 0 saturated heterocycles. The van der Waals surface area contributed by atoms with Crippen molar-refractivity contribution < 1.29 is 9.90 Å².